The predicted molar refractivity (Wildman–Crippen MR) is 97.4 cm³/mol. The van der Waals surface area contributed by atoms with Gasteiger partial charge in [0, 0.05) is 18.8 Å². The number of hydrogen-bond donors (Lipinski definition) is 2. The van der Waals surface area contributed by atoms with Crippen molar-refractivity contribution in [2.75, 3.05) is 6.54 Å². The van der Waals surface area contributed by atoms with Crippen LogP contribution in [0, 0.1) is 0 Å². The number of nitrogens with one attached hydrogen (secondary N) is 2. The van der Waals surface area contributed by atoms with Crippen molar-refractivity contribution < 1.29 is 4.79 Å². The Bertz CT molecular complexity index is 1080. The second-order valence-corrected chi connectivity index (χ2v) is 6.45. The topological polar surface area (TPSA) is 96.8 Å². The molecule has 2 N–H and O–H groups in total. The Kier molecular flexibility index (Phi) is 4.12. The van der Waals surface area contributed by atoms with Crippen molar-refractivity contribution in [1.29, 1.82) is 0 Å². The summed E-state index contributed by atoms with van der Waals surface area (Å²) >= 11 is 0. The number of benzene rings is 1. The highest BCUT2D eigenvalue weighted by atomic mass is 16.2. The molecule has 7 nitrogen and oxygen atoms in total. The Morgan fingerprint density at radius 1 is 1.23 bits per heavy atom. The number of aromatic amines is 1. The fourth-order valence-corrected chi connectivity index (χ4v) is 3.00. The molecule has 1 aliphatic carbocycles. The van der Waals surface area contributed by atoms with Crippen molar-refractivity contribution in [2.24, 2.45) is 0 Å². The van der Waals surface area contributed by atoms with E-state index in [9.17, 15) is 14.4 Å². The Hall–Kier alpha value is -3.22. The highest BCUT2D eigenvalue weighted by molar-refractivity contribution is 5.96. The number of rotatable bonds is 5. The minimum absolute atomic E-state index is 0.0832. The second kappa shape index (κ2) is 6.59. The van der Waals surface area contributed by atoms with Crippen LogP contribution in [0.15, 0.2) is 52.2 Å². The molecule has 0 unspecified atom stereocenters. The highest BCUT2D eigenvalue weighted by Gasteiger charge is 2.27. The number of pyridine rings is 1. The fourth-order valence-electron chi connectivity index (χ4n) is 3.00. The van der Waals surface area contributed by atoms with Crippen LogP contribution in [-0.4, -0.2) is 27.0 Å². The van der Waals surface area contributed by atoms with Gasteiger partial charge in [0.2, 0.25) is 0 Å². The summed E-state index contributed by atoms with van der Waals surface area (Å²) in [6, 6.07) is 11.4. The van der Waals surface area contributed by atoms with Crippen molar-refractivity contribution in [3.63, 3.8) is 0 Å². The molecular weight excluding hydrogens is 332 g/mol. The molecule has 2 aromatic heterocycles. The number of carbonyl (C=O) groups is 1. The normalized spacial score (nSPS) is 13.7. The van der Waals surface area contributed by atoms with E-state index in [1.807, 2.05) is 30.3 Å². The monoisotopic (exact) mass is 350 g/mol. The van der Waals surface area contributed by atoms with Gasteiger partial charge in [-0.1, -0.05) is 30.3 Å². The zero-order chi connectivity index (χ0) is 18.1. The standard InChI is InChI=1S/C19H18N4O3/c24-17(20-9-8-12-4-2-1-3-5-12)13-10-15-16(21-11-13)23(14-6-7-14)19(26)22-18(15)25/h1-5,10-11,14H,6-9H2,(H,20,24)(H,22,25,26). The van der Waals surface area contributed by atoms with E-state index in [2.05, 4.69) is 15.3 Å². The molecule has 1 fully saturated rings. The first-order chi connectivity index (χ1) is 12.6. The van der Waals surface area contributed by atoms with Gasteiger partial charge in [-0.05, 0) is 30.9 Å². The number of H-pyrrole nitrogens is 1. The molecule has 0 saturated heterocycles. The molecule has 4 rings (SSSR count). The number of hydrogen-bond acceptors (Lipinski definition) is 4. The van der Waals surface area contributed by atoms with Gasteiger partial charge in [-0.25, -0.2) is 9.78 Å². The molecule has 1 amide bonds. The molecule has 0 atom stereocenters. The van der Waals surface area contributed by atoms with Gasteiger partial charge in [0.1, 0.15) is 5.65 Å². The average molecular weight is 350 g/mol. The lowest BCUT2D eigenvalue weighted by molar-refractivity contribution is 0.0954. The predicted octanol–water partition coefficient (Wildman–Crippen LogP) is 1.39. The molecule has 26 heavy (non-hydrogen) atoms. The van der Waals surface area contributed by atoms with E-state index >= 15 is 0 Å². The van der Waals surface area contributed by atoms with Crippen molar-refractivity contribution in [2.45, 2.75) is 25.3 Å². The first kappa shape index (κ1) is 16.3. The average Bonchev–Trinajstić information content (AvgIpc) is 3.47. The zero-order valence-corrected chi connectivity index (χ0v) is 14.1. The first-order valence-corrected chi connectivity index (χ1v) is 8.60. The first-order valence-electron chi connectivity index (χ1n) is 8.60. The van der Waals surface area contributed by atoms with E-state index in [1.54, 1.807) is 0 Å². The molecule has 1 saturated carbocycles. The maximum Gasteiger partial charge on any atom is 0.330 e. The van der Waals surface area contributed by atoms with Crippen molar-refractivity contribution >= 4 is 16.9 Å². The molecule has 0 aliphatic heterocycles. The number of fused-ring (bicyclic) bond motifs is 1. The summed E-state index contributed by atoms with van der Waals surface area (Å²) in [5.41, 5.74) is 0.805. The van der Waals surface area contributed by atoms with Crippen molar-refractivity contribution in [3.8, 4) is 0 Å². The SMILES string of the molecule is O=C(NCCc1ccccc1)c1cnc2c(c1)c(=O)[nH]c(=O)n2C1CC1. The minimum Gasteiger partial charge on any atom is -0.352 e. The molecule has 1 aromatic carbocycles. The van der Waals surface area contributed by atoms with Crippen LogP contribution in [0.4, 0.5) is 0 Å². The lowest BCUT2D eigenvalue weighted by Crippen LogP contribution is -2.31. The van der Waals surface area contributed by atoms with Gasteiger partial charge < -0.3 is 5.32 Å². The summed E-state index contributed by atoms with van der Waals surface area (Å²) < 4.78 is 1.51. The molecule has 0 radical (unpaired) electrons. The van der Waals surface area contributed by atoms with E-state index < -0.39 is 11.2 Å². The van der Waals surface area contributed by atoms with Gasteiger partial charge in [-0.15, -0.1) is 0 Å². The van der Waals surface area contributed by atoms with Gasteiger partial charge in [0.25, 0.3) is 11.5 Å². The summed E-state index contributed by atoms with van der Waals surface area (Å²) in [4.78, 5) is 43.1. The number of carbonyl (C=O) groups excluding carboxylic acids is 1. The maximum absolute atomic E-state index is 12.4. The summed E-state index contributed by atoms with van der Waals surface area (Å²) in [5.74, 6) is -0.293. The minimum atomic E-state index is -0.520. The Labute approximate surface area is 148 Å². The Balaban J connectivity index is 1.56. The van der Waals surface area contributed by atoms with Crippen molar-refractivity contribution in [3.05, 3.63) is 74.6 Å². The van der Waals surface area contributed by atoms with Crippen LogP contribution in [0.25, 0.3) is 11.0 Å². The van der Waals surface area contributed by atoms with Crippen LogP contribution < -0.4 is 16.6 Å². The van der Waals surface area contributed by atoms with E-state index in [0.29, 0.717) is 17.8 Å². The molecule has 7 heteroatoms. The molecular formula is C19H18N4O3. The van der Waals surface area contributed by atoms with Crippen LogP contribution in [0.5, 0.6) is 0 Å². The molecule has 0 bridgehead atoms. The molecule has 1 aliphatic rings. The van der Waals surface area contributed by atoms with Gasteiger partial charge in [-0.3, -0.25) is 19.1 Å². The van der Waals surface area contributed by atoms with E-state index in [-0.39, 0.29) is 17.3 Å². The van der Waals surface area contributed by atoms with Gasteiger partial charge >= 0.3 is 5.69 Å². The number of nitrogens with zero attached hydrogens (tertiary/aromatic N) is 2. The fraction of sp³-hybridized carbons (Fsp3) is 0.263. The van der Waals surface area contributed by atoms with E-state index in [1.165, 1.54) is 16.8 Å². The number of amides is 1. The summed E-state index contributed by atoms with van der Waals surface area (Å²) in [5, 5.41) is 3.09. The van der Waals surface area contributed by atoms with Gasteiger partial charge in [0.05, 0.1) is 10.9 Å². The van der Waals surface area contributed by atoms with Gasteiger partial charge in [0.15, 0.2) is 0 Å². The van der Waals surface area contributed by atoms with Crippen LogP contribution >= 0.6 is 0 Å². The largest absolute Gasteiger partial charge is 0.352 e. The maximum atomic E-state index is 12.4. The third-order valence-electron chi connectivity index (χ3n) is 4.50. The second-order valence-electron chi connectivity index (χ2n) is 6.45. The van der Waals surface area contributed by atoms with Crippen LogP contribution in [0.2, 0.25) is 0 Å². The lowest BCUT2D eigenvalue weighted by Gasteiger charge is -2.09. The van der Waals surface area contributed by atoms with Crippen LogP contribution in [0.3, 0.4) is 0 Å². The van der Waals surface area contributed by atoms with Crippen LogP contribution in [-0.2, 0) is 6.42 Å². The third-order valence-corrected chi connectivity index (χ3v) is 4.50. The summed E-state index contributed by atoms with van der Waals surface area (Å²) in [7, 11) is 0. The van der Waals surface area contributed by atoms with Gasteiger partial charge in [-0.2, -0.15) is 0 Å². The lowest BCUT2D eigenvalue weighted by atomic mass is 10.1. The molecule has 3 aromatic rings. The Morgan fingerprint density at radius 3 is 2.73 bits per heavy atom. The highest BCUT2D eigenvalue weighted by Crippen LogP contribution is 2.34. The third kappa shape index (κ3) is 3.15. The molecule has 132 valence electrons. The summed E-state index contributed by atoms with van der Waals surface area (Å²) in [6.07, 6.45) is 3.92. The molecule has 0 spiro atoms. The van der Waals surface area contributed by atoms with E-state index in [4.69, 9.17) is 0 Å². The van der Waals surface area contributed by atoms with E-state index in [0.717, 1.165) is 24.8 Å². The molecule has 2 heterocycles. The van der Waals surface area contributed by atoms with Crippen LogP contribution in [0.1, 0.15) is 34.8 Å². The smallest absolute Gasteiger partial charge is 0.330 e. The quantitative estimate of drug-likeness (QED) is 0.727. The Morgan fingerprint density at radius 2 is 2.00 bits per heavy atom. The summed E-state index contributed by atoms with van der Waals surface area (Å²) in [6.45, 7) is 0.485. The number of aromatic nitrogens is 3. The van der Waals surface area contributed by atoms with Crippen molar-refractivity contribution in [1.82, 2.24) is 19.9 Å². The zero-order valence-electron chi connectivity index (χ0n) is 14.1.